The molecule has 0 aliphatic heterocycles. The van der Waals surface area contributed by atoms with Crippen molar-refractivity contribution < 1.29 is 4.74 Å². The van der Waals surface area contributed by atoms with Gasteiger partial charge in [-0.25, -0.2) is 4.98 Å². The first kappa shape index (κ1) is 14.9. The van der Waals surface area contributed by atoms with Gasteiger partial charge < -0.3 is 10.1 Å². The first-order valence-corrected chi connectivity index (χ1v) is 8.15. The zero-order valence-electron chi connectivity index (χ0n) is 12.6. The monoisotopic (exact) mass is 282 g/mol. The number of aryl methyl sites for hydroxylation is 1. The van der Waals surface area contributed by atoms with E-state index in [9.17, 15) is 0 Å². The summed E-state index contributed by atoms with van der Waals surface area (Å²) in [6.07, 6.45) is 5.72. The van der Waals surface area contributed by atoms with Crippen LogP contribution in [0.25, 0.3) is 0 Å². The van der Waals surface area contributed by atoms with Crippen LogP contribution in [0.4, 0.5) is 0 Å². The lowest BCUT2D eigenvalue weighted by Gasteiger charge is -2.36. The maximum absolute atomic E-state index is 5.93. The second-order valence-corrected chi connectivity index (χ2v) is 6.74. The molecule has 0 saturated heterocycles. The molecule has 1 aromatic rings. The van der Waals surface area contributed by atoms with Gasteiger partial charge in [-0.1, -0.05) is 13.8 Å². The molecule has 108 valence electrons. The van der Waals surface area contributed by atoms with Crippen LogP contribution in [0.1, 0.15) is 55.1 Å². The van der Waals surface area contributed by atoms with Gasteiger partial charge >= 0.3 is 0 Å². The van der Waals surface area contributed by atoms with E-state index in [1.807, 2.05) is 25.5 Å². The third-order valence-electron chi connectivity index (χ3n) is 4.31. The number of hydrogen-bond donors (Lipinski definition) is 1. The lowest BCUT2D eigenvalue weighted by molar-refractivity contribution is -0.0531. The van der Waals surface area contributed by atoms with Crippen molar-refractivity contribution in [1.29, 1.82) is 0 Å². The summed E-state index contributed by atoms with van der Waals surface area (Å²) in [4.78, 5) is 6.26. The molecule has 0 radical (unpaired) electrons. The number of nitrogens with zero attached hydrogens (tertiary/aromatic N) is 1. The zero-order chi connectivity index (χ0) is 13.9. The van der Waals surface area contributed by atoms with Crippen molar-refractivity contribution in [3.8, 4) is 0 Å². The molecule has 0 spiro atoms. The van der Waals surface area contributed by atoms with E-state index in [-0.39, 0.29) is 5.60 Å². The van der Waals surface area contributed by atoms with Gasteiger partial charge in [0.2, 0.25) is 0 Å². The fourth-order valence-corrected chi connectivity index (χ4v) is 4.27. The number of aromatic nitrogens is 1. The number of nitrogens with one attached hydrogen (secondary N) is 1. The average Bonchev–Trinajstić information content (AvgIpc) is 2.84. The summed E-state index contributed by atoms with van der Waals surface area (Å²) in [5.74, 6) is 0.825. The summed E-state index contributed by atoms with van der Waals surface area (Å²) in [6, 6.07) is 0. The summed E-state index contributed by atoms with van der Waals surface area (Å²) in [5.41, 5.74) is 1.12. The third kappa shape index (κ3) is 3.01. The quantitative estimate of drug-likeness (QED) is 0.898. The van der Waals surface area contributed by atoms with Crippen molar-refractivity contribution in [1.82, 2.24) is 10.3 Å². The van der Waals surface area contributed by atoms with Crippen LogP contribution in [-0.2, 0) is 23.3 Å². The highest BCUT2D eigenvalue weighted by Crippen LogP contribution is 2.44. The predicted molar refractivity (Wildman–Crippen MR) is 80.6 cm³/mol. The Labute approximate surface area is 120 Å². The van der Waals surface area contributed by atoms with Gasteiger partial charge in [-0.2, -0.15) is 0 Å². The van der Waals surface area contributed by atoms with Crippen LogP contribution in [0.2, 0.25) is 0 Å². The van der Waals surface area contributed by atoms with Gasteiger partial charge in [-0.15, -0.1) is 11.3 Å². The molecular weight excluding hydrogens is 256 g/mol. The Morgan fingerprint density at radius 1 is 1.42 bits per heavy atom. The second-order valence-electron chi connectivity index (χ2n) is 5.65. The van der Waals surface area contributed by atoms with Crippen LogP contribution in [0, 0.1) is 5.92 Å². The lowest BCUT2D eigenvalue weighted by Crippen LogP contribution is -2.33. The van der Waals surface area contributed by atoms with Gasteiger partial charge in [0.05, 0.1) is 5.69 Å². The molecule has 0 bridgehead atoms. The Bertz CT molecular complexity index is 408. The molecule has 1 aromatic heterocycles. The Hall–Kier alpha value is -0.450. The van der Waals surface area contributed by atoms with Gasteiger partial charge in [-0.3, -0.25) is 0 Å². The van der Waals surface area contributed by atoms with Crippen molar-refractivity contribution >= 4 is 11.3 Å². The van der Waals surface area contributed by atoms with Gasteiger partial charge in [0.1, 0.15) is 10.6 Å². The second kappa shape index (κ2) is 6.33. The largest absolute Gasteiger partial charge is 0.371 e. The lowest BCUT2D eigenvalue weighted by atomic mass is 9.80. The summed E-state index contributed by atoms with van der Waals surface area (Å²) in [7, 11) is 3.84. The molecule has 1 aliphatic rings. The smallest absolute Gasteiger partial charge is 0.125 e. The van der Waals surface area contributed by atoms with Crippen molar-refractivity contribution in [2.75, 3.05) is 14.2 Å². The number of thiazole rings is 1. The Morgan fingerprint density at radius 2 is 2.11 bits per heavy atom. The van der Waals surface area contributed by atoms with Crippen LogP contribution >= 0.6 is 11.3 Å². The topological polar surface area (TPSA) is 34.1 Å². The molecule has 1 fully saturated rings. The van der Waals surface area contributed by atoms with E-state index in [1.54, 1.807) is 0 Å². The predicted octanol–water partition coefficient (Wildman–Crippen LogP) is 3.48. The maximum atomic E-state index is 5.93. The van der Waals surface area contributed by atoms with E-state index in [0.29, 0.717) is 0 Å². The van der Waals surface area contributed by atoms with E-state index in [0.717, 1.165) is 31.7 Å². The minimum atomic E-state index is -0.118. The van der Waals surface area contributed by atoms with Crippen molar-refractivity contribution in [2.45, 2.75) is 58.1 Å². The Balaban J connectivity index is 2.27. The molecule has 0 unspecified atom stereocenters. The Kier molecular flexibility index (Phi) is 4.98. The summed E-state index contributed by atoms with van der Waals surface area (Å²) < 4.78 is 5.93. The molecule has 2 rings (SSSR count). The van der Waals surface area contributed by atoms with Crippen LogP contribution in [0.5, 0.6) is 0 Å². The first-order valence-electron chi connectivity index (χ1n) is 7.34. The van der Waals surface area contributed by atoms with Crippen LogP contribution in [0.3, 0.4) is 0 Å². The molecule has 1 aliphatic carbocycles. The van der Waals surface area contributed by atoms with E-state index in [4.69, 9.17) is 9.72 Å². The van der Waals surface area contributed by atoms with E-state index >= 15 is 0 Å². The highest BCUT2D eigenvalue weighted by atomic mass is 32.1. The summed E-state index contributed by atoms with van der Waals surface area (Å²) >= 11 is 1.84. The standard InChI is InChI=1S/C15H26N2OS/c1-5-12-13(10-16-3)19-14(17-12)15(18-4)8-6-11(2)7-9-15/h11,16H,5-10H2,1-4H3. The van der Waals surface area contributed by atoms with Crippen molar-refractivity contribution in [3.05, 3.63) is 15.6 Å². The van der Waals surface area contributed by atoms with Gasteiger partial charge in [0, 0.05) is 18.5 Å². The fourth-order valence-electron chi connectivity index (χ4n) is 2.89. The molecule has 1 N–H and O–H groups in total. The fraction of sp³-hybridized carbons (Fsp3) is 0.800. The van der Waals surface area contributed by atoms with Gasteiger partial charge in [0.25, 0.3) is 0 Å². The molecule has 19 heavy (non-hydrogen) atoms. The normalized spacial score (nSPS) is 27.7. The number of ether oxygens (including phenoxy) is 1. The maximum Gasteiger partial charge on any atom is 0.125 e. The average molecular weight is 282 g/mol. The molecule has 4 heteroatoms. The molecule has 0 atom stereocenters. The number of hydrogen-bond acceptors (Lipinski definition) is 4. The van der Waals surface area contributed by atoms with E-state index in [2.05, 4.69) is 19.2 Å². The van der Waals surface area contributed by atoms with Crippen molar-refractivity contribution in [3.63, 3.8) is 0 Å². The minimum Gasteiger partial charge on any atom is -0.371 e. The van der Waals surface area contributed by atoms with Gasteiger partial charge in [-0.05, 0) is 45.1 Å². The van der Waals surface area contributed by atoms with Crippen LogP contribution in [-0.4, -0.2) is 19.1 Å². The Morgan fingerprint density at radius 3 is 2.63 bits per heavy atom. The number of rotatable bonds is 5. The third-order valence-corrected chi connectivity index (χ3v) is 5.60. The van der Waals surface area contributed by atoms with Gasteiger partial charge in [0.15, 0.2) is 0 Å². The molecule has 1 saturated carbocycles. The van der Waals surface area contributed by atoms with E-state index < -0.39 is 0 Å². The molecule has 3 nitrogen and oxygen atoms in total. The first-order chi connectivity index (χ1) is 9.15. The molecular formula is C15H26N2OS. The van der Waals surface area contributed by atoms with Crippen molar-refractivity contribution in [2.24, 2.45) is 5.92 Å². The summed E-state index contributed by atoms with van der Waals surface area (Å²) in [6.45, 7) is 5.43. The molecule has 0 amide bonds. The summed E-state index contributed by atoms with van der Waals surface area (Å²) in [5, 5.41) is 4.44. The SMILES string of the molecule is CCc1nc(C2(OC)CCC(C)CC2)sc1CNC. The zero-order valence-corrected chi connectivity index (χ0v) is 13.4. The molecule has 0 aromatic carbocycles. The highest BCUT2D eigenvalue weighted by Gasteiger charge is 2.39. The van der Waals surface area contributed by atoms with E-state index in [1.165, 1.54) is 28.4 Å². The van der Waals surface area contributed by atoms with Crippen LogP contribution in [0.15, 0.2) is 0 Å². The molecule has 1 heterocycles. The number of methoxy groups -OCH3 is 1. The van der Waals surface area contributed by atoms with Crippen LogP contribution < -0.4 is 5.32 Å². The highest BCUT2D eigenvalue weighted by molar-refractivity contribution is 7.11. The minimum absolute atomic E-state index is 0.118.